The van der Waals surface area contributed by atoms with Crippen molar-refractivity contribution in [2.75, 3.05) is 9.74 Å². The summed E-state index contributed by atoms with van der Waals surface area (Å²) in [5, 5.41) is 2.68. The van der Waals surface area contributed by atoms with Crippen LogP contribution in [-0.4, -0.2) is 22.1 Å². The lowest BCUT2D eigenvalue weighted by atomic mass is 10.2. The zero-order valence-electron chi connectivity index (χ0n) is 13.1. The molecule has 0 saturated carbocycles. The van der Waals surface area contributed by atoms with E-state index in [-0.39, 0.29) is 12.6 Å². The predicted molar refractivity (Wildman–Crippen MR) is 94.2 cm³/mol. The number of rotatable bonds is 6. The molecule has 1 N–H and O–H groups in total. The number of hydrogen-bond acceptors (Lipinski definition) is 4. The summed E-state index contributed by atoms with van der Waals surface area (Å²) >= 11 is 2.22. The third kappa shape index (κ3) is 7.63. The predicted octanol–water partition coefficient (Wildman–Crippen LogP) is 4.29. The van der Waals surface area contributed by atoms with Crippen molar-refractivity contribution >= 4 is 40.3 Å². The van der Waals surface area contributed by atoms with E-state index in [1.54, 1.807) is 39.0 Å². The molecule has 0 spiro atoms. The lowest BCUT2D eigenvalue weighted by molar-refractivity contribution is -0.144. The van der Waals surface area contributed by atoms with Crippen LogP contribution in [0.15, 0.2) is 24.3 Å². The van der Waals surface area contributed by atoms with E-state index in [1.807, 2.05) is 6.07 Å². The molecule has 0 aliphatic rings. The number of ether oxygens (including phenoxy) is 2. The maximum absolute atomic E-state index is 11.8. The largest absolute Gasteiger partial charge is 0.461 e. The number of amides is 1. The van der Waals surface area contributed by atoms with Crippen LogP contribution < -0.4 is 5.32 Å². The normalized spacial score (nSPS) is 10.9. The van der Waals surface area contributed by atoms with Gasteiger partial charge in [-0.1, -0.05) is 40.8 Å². The van der Waals surface area contributed by atoms with Gasteiger partial charge in [0.25, 0.3) is 0 Å². The van der Waals surface area contributed by atoms with Gasteiger partial charge in [0.15, 0.2) is 0 Å². The minimum Gasteiger partial charge on any atom is -0.461 e. The molecule has 1 amide bonds. The summed E-state index contributed by atoms with van der Waals surface area (Å²) in [4.78, 5) is 23.4. The number of carbonyl (C=O) groups is 2. The summed E-state index contributed by atoms with van der Waals surface area (Å²) in [5.74, 6) is -0.233. The maximum atomic E-state index is 11.8. The van der Waals surface area contributed by atoms with Crippen LogP contribution in [0.2, 0.25) is 0 Å². The van der Waals surface area contributed by atoms with Crippen molar-refractivity contribution in [3.05, 3.63) is 29.8 Å². The van der Waals surface area contributed by atoms with E-state index in [1.165, 1.54) is 0 Å². The molecule has 5 nitrogen and oxygen atoms in total. The Hall–Kier alpha value is -1.31. The van der Waals surface area contributed by atoms with Crippen LogP contribution >= 0.6 is 22.6 Å². The summed E-state index contributed by atoms with van der Waals surface area (Å²) in [5.41, 5.74) is 0.750. The number of hydrogen-bond donors (Lipinski definition) is 1. The van der Waals surface area contributed by atoms with Crippen LogP contribution in [-0.2, 0) is 20.9 Å². The second-order valence-electron chi connectivity index (χ2n) is 5.74. The van der Waals surface area contributed by atoms with E-state index in [4.69, 9.17) is 9.47 Å². The van der Waals surface area contributed by atoms with Crippen LogP contribution in [0.4, 0.5) is 10.5 Å². The molecule has 22 heavy (non-hydrogen) atoms. The molecule has 0 bridgehead atoms. The van der Waals surface area contributed by atoms with Crippen molar-refractivity contribution in [3.63, 3.8) is 0 Å². The minimum absolute atomic E-state index is 0.131. The molecule has 122 valence electrons. The van der Waals surface area contributed by atoms with Crippen molar-refractivity contribution in [1.82, 2.24) is 0 Å². The Kier molecular flexibility index (Phi) is 7.64. The van der Waals surface area contributed by atoms with E-state index >= 15 is 0 Å². The monoisotopic (exact) mass is 419 g/mol. The zero-order chi connectivity index (χ0) is 16.6. The first-order valence-electron chi connectivity index (χ1n) is 7.11. The van der Waals surface area contributed by atoms with Gasteiger partial charge in [-0.25, -0.2) is 4.79 Å². The van der Waals surface area contributed by atoms with Crippen LogP contribution in [0.25, 0.3) is 0 Å². The van der Waals surface area contributed by atoms with Crippen LogP contribution in [0, 0.1) is 0 Å². The molecule has 0 radical (unpaired) electrons. The SMILES string of the molecule is CC(C)(C)OC(=O)Nc1ccccc1COC(=O)CCCI. The van der Waals surface area contributed by atoms with Crippen LogP contribution in [0.1, 0.15) is 39.2 Å². The molecule has 1 rings (SSSR count). The van der Waals surface area contributed by atoms with E-state index in [0.29, 0.717) is 12.1 Å². The average molecular weight is 419 g/mol. The molecule has 0 aromatic heterocycles. The number of alkyl halides is 1. The number of benzene rings is 1. The van der Waals surface area contributed by atoms with Gasteiger partial charge < -0.3 is 9.47 Å². The minimum atomic E-state index is -0.565. The highest BCUT2D eigenvalue weighted by Crippen LogP contribution is 2.18. The van der Waals surface area contributed by atoms with Gasteiger partial charge in [-0.3, -0.25) is 10.1 Å². The summed E-state index contributed by atoms with van der Waals surface area (Å²) in [7, 11) is 0. The van der Waals surface area contributed by atoms with Gasteiger partial charge in [0.2, 0.25) is 0 Å². The first kappa shape index (κ1) is 18.7. The molecule has 0 atom stereocenters. The quantitative estimate of drug-likeness (QED) is 0.425. The number of halogens is 1. The molecule has 1 aromatic carbocycles. The maximum Gasteiger partial charge on any atom is 0.412 e. The van der Waals surface area contributed by atoms with Gasteiger partial charge in [-0.2, -0.15) is 0 Å². The fourth-order valence-corrected chi connectivity index (χ4v) is 2.00. The molecule has 1 aromatic rings. The fourth-order valence-electron chi connectivity index (χ4n) is 1.62. The lowest BCUT2D eigenvalue weighted by Gasteiger charge is -2.20. The number of anilines is 1. The molecular weight excluding hydrogens is 397 g/mol. The molecule has 6 heteroatoms. The summed E-state index contributed by atoms with van der Waals surface area (Å²) in [6.45, 7) is 5.53. The Labute approximate surface area is 144 Å². The van der Waals surface area contributed by atoms with Gasteiger partial charge in [0, 0.05) is 16.4 Å². The Morgan fingerprint density at radius 2 is 1.91 bits per heavy atom. The first-order valence-corrected chi connectivity index (χ1v) is 8.64. The molecular formula is C16H22INO4. The first-order chi connectivity index (χ1) is 10.3. The number of nitrogens with one attached hydrogen (secondary N) is 1. The van der Waals surface area contributed by atoms with Crippen molar-refractivity contribution in [2.24, 2.45) is 0 Å². The van der Waals surface area contributed by atoms with Gasteiger partial charge in [0.1, 0.15) is 12.2 Å². The van der Waals surface area contributed by atoms with Gasteiger partial charge in [-0.15, -0.1) is 0 Å². The van der Waals surface area contributed by atoms with Crippen LogP contribution in [0.5, 0.6) is 0 Å². The molecule has 0 aliphatic carbocycles. The highest BCUT2D eigenvalue weighted by molar-refractivity contribution is 14.1. The topological polar surface area (TPSA) is 64.6 Å². The molecule has 0 aliphatic heterocycles. The average Bonchev–Trinajstić information content (AvgIpc) is 2.42. The van der Waals surface area contributed by atoms with E-state index in [0.717, 1.165) is 16.4 Å². The zero-order valence-corrected chi connectivity index (χ0v) is 15.3. The standard InChI is InChI=1S/C16H22INO4/c1-16(2,3)22-15(20)18-13-8-5-4-7-12(13)11-21-14(19)9-6-10-17/h4-5,7-8H,6,9-11H2,1-3H3,(H,18,20). The van der Waals surface area contributed by atoms with Crippen LogP contribution in [0.3, 0.4) is 0 Å². The van der Waals surface area contributed by atoms with Gasteiger partial charge >= 0.3 is 12.1 Å². The highest BCUT2D eigenvalue weighted by Gasteiger charge is 2.17. The second kappa shape index (κ2) is 8.97. The number of carbonyl (C=O) groups excluding carboxylic acids is 2. The Bertz CT molecular complexity index is 511. The second-order valence-corrected chi connectivity index (χ2v) is 6.82. The molecule has 0 heterocycles. The fraction of sp³-hybridized carbons (Fsp3) is 0.500. The lowest BCUT2D eigenvalue weighted by Crippen LogP contribution is -2.27. The number of esters is 1. The Morgan fingerprint density at radius 3 is 2.55 bits per heavy atom. The number of para-hydroxylation sites is 1. The van der Waals surface area contributed by atoms with Gasteiger partial charge in [0.05, 0.1) is 5.69 Å². The molecule has 0 unspecified atom stereocenters. The smallest absolute Gasteiger partial charge is 0.412 e. The van der Waals surface area contributed by atoms with Gasteiger partial charge in [-0.05, 0) is 33.3 Å². The van der Waals surface area contributed by atoms with Crippen molar-refractivity contribution < 1.29 is 19.1 Å². The summed E-state index contributed by atoms with van der Waals surface area (Å²) < 4.78 is 11.4. The summed E-state index contributed by atoms with van der Waals surface area (Å²) in [6.07, 6.45) is 0.679. The molecule has 0 saturated heterocycles. The van der Waals surface area contributed by atoms with Crippen molar-refractivity contribution in [3.8, 4) is 0 Å². The van der Waals surface area contributed by atoms with E-state index < -0.39 is 11.7 Å². The highest BCUT2D eigenvalue weighted by atomic mass is 127. The Balaban J connectivity index is 2.62. The molecule has 0 fully saturated rings. The third-order valence-electron chi connectivity index (χ3n) is 2.56. The van der Waals surface area contributed by atoms with E-state index in [2.05, 4.69) is 27.9 Å². The summed E-state index contributed by atoms with van der Waals surface area (Å²) in [6, 6.07) is 7.18. The van der Waals surface area contributed by atoms with Crippen molar-refractivity contribution in [1.29, 1.82) is 0 Å². The Morgan fingerprint density at radius 1 is 1.23 bits per heavy atom. The van der Waals surface area contributed by atoms with E-state index in [9.17, 15) is 9.59 Å². The van der Waals surface area contributed by atoms with Crippen molar-refractivity contribution in [2.45, 2.75) is 45.8 Å². The third-order valence-corrected chi connectivity index (χ3v) is 3.32.